The third-order valence-corrected chi connectivity index (χ3v) is 2.09. The van der Waals surface area contributed by atoms with E-state index in [2.05, 4.69) is 11.0 Å². The van der Waals surface area contributed by atoms with Crippen molar-refractivity contribution >= 4 is 11.5 Å². The number of hydrogen-bond donors (Lipinski definition) is 0. The third-order valence-electron chi connectivity index (χ3n) is 2.09. The molecule has 1 fully saturated rings. The molecule has 1 aromatic rings. The predicted molar refractivity (Wildman–Crippen MR) is 47.1 cm³/mol. The maximum Gasteiger partial charge on any atom is 0.153 e. The standard InChI is InChI=1S/C10H10NO/c12-10-6-7-11(8-10)9-4-2-1-3-5-9/h2-5H,6-8H2. The zero-order valence-corrected chi connectivity index (χ0v) is 6.79. The second-order valence-electron chi connectivity index (χ2n) is 2.97. The maximum absolute atomic E-state index is 11.0. The first-order valence-electron chi connectivity index (χ1n) is 4.09. The smallest absolute Gasteiger partial charge is 0.153 e. The molecule has 1 aliphatic rings. The van der Waals surface area contributed by atoms with E-state index in [1.165, 1.54) is 0 Å². The van der Waals surface area contributed by atoms with Gasteiger partial charge in [-0.2, -0.15) is 0 Å². The van der Waals surface area contributed by atoms with Crippen molar-refractivity contribution in [1.29, 1.82) is 0 Å². The molecular formula is C10H10NO. The molecule has 0 atom stereocenters. The van der Waals surface area contributed by atoms with E-state index in [0.29, 0.717) is 18.7 Å². The number of rotatable bonds is 1. The number of carbonyl (C=O) groups excluding carboxylic acids is 1. The molecule has 2 rings (SSSR count). The molecule has 0 bridgehead atoms. The van der Waals surface area contributed by atoms with E-state index >= 15 is 0 Å². The lowest BCUT2D eigenvalue weighted by molar-refractivity contribution is -0.116. The Morgan fingerprint density at radius 1 is 1.33 bits per heavy atom. The molecule has 0 amide bonds. The zero-order valence-electron chi connectivity index (χ0n) is 6.79. The fourth-order valence-electron chi connectivity index (χ4n) is 1.44. The minimum atomic E-state index is 0.336. The molecule has 2 heteroatoms. The Balaban J connectivity index is 2.16. The van der Waals surface area contributed by atoms with Crippen molar-refractivity contribution in [2.45, 2.75) is 6.42 Å². The van der Waals surface area contributed by atoms with Crippen LogP contribution >= 0.6 is 0 Å². The first-order valence-corrected chi connectivity index (χ1v) is 4.09. The van der Waals surface area contributed by atoms with Crippen LogP contribution < -0.4 is 4.90 Å². The van der Waals surface area contributed by atoms with E-state index in [1.807, 2.05) is 24.3 Å². The minimum absolute atomic E-state index is 0.336. The highest BCUT2D eigenvalue weighted by atomic mass is 16.1. The summed E-state index contributed by atoms with van der Waals surface area (Å²) in [7, 11) is 0. The first-order chi connectivity index (χ1) is 5.86. The van der Waals surface area contributed by atoms with Crippen LogP contribution in [0.15, 0.2) is 24.3 Å². The Morgan fingerprint density at radius 3 is 2.67 bits per heavy atom. The third kappa shape index (κ3) is 1.33. The summed E-state index contributed by atoms with van der Waals surface area (Å²) in [6, 6.07) is 10.7. The van der Waals surface area contributed by atoms with Gasteiger partial charge >= 0.3 is 0 Å². The molecule has 0 saturated carbocycles. The number of benzene rings is 1. The lowest BCUT2D eigenvalue weighted by Crippen LogP contribution is -2.19. The lowest BCUT2D eigenvalue weighted by atomic mass is 10.3. The van der Waals surface area contributed by atoms with Gasteiger partial charge in [-0.1, -0.05) is 12.1 Å². The monoisotopic (exact) mass is 160 g/mol. The molecular weight excluding hydrogens is 150 g/mol. The van der Waals surface area contributed by atoms with Gasteiger partial charge in [0.1, 0.15) is 0 Å². The number of ketones is 1. The molecule has 0 unspecified atom stereocenters. The summed E-state index contributed by atoms with van der Waals surface area (Å²) in [5.41, 5.74) is 1.12. The van der Waals surface area contributed by atoms with Crippen LogP contribution in [0, 0.1) is 6.07 Å². The van der Waals surface area contributed by atoms with Crippen molar-refractivity contribution in [1.82, 2.24) is 0 Å². The molecule has 61 valence electrons. The average molecular weight is 160 g/mol. The van der Waals surface area contributed by atoms with E-state index in [1.54, 1.807) is 0 Å². The molecule has 1 aromatic carbocycles. The topological polar surface area (TPSA) is 20.3 Å². The van der Waals surface area contributed by atoms with Crippen LogP contribution in [0.25, 0.3) is 0 Å². The van der Waals surface area contributed by atoms with Gasteiger partial charge in [-0.3, -0.25) is 4.79 Å². The van der Waals surface area contributed by atoms with Gasteiger partial charge in [0, 0.05) is 18.7 Å². The Hall–Kier alpha value is -1.31. The molecule has 1 radical (unpaired) electrons. The number of anilines is 1. The largest absolute Gasteiger partial charge is 0.364 e. The van der Waals surface area contributed by atoms with Crippen molar-refractivity contribution in [2.75, 3.05) is 18.0 Å². The number of hydrogen-bond acceptors (Lipinski definition) is 2. The van der Waals surface area contributed by atoms with Crippen molar-refractivity contribution in [2.24, 2.45) is 0 Å². The Bertz CT molecular complexity index is 281. The summed E-state index contributed by atoms with van der Waals surface area (Å²) < 4.78 is 0. The highest BCUT2D eigenvalue weighted by Crippen LogP contribution is 2.16. The van der Waals surface area contributed by atoms with Crippen LogP contribution in [-0.4, -0.2) is 18.9 Å². The second-order valence-corrected chi connectivity index (χ2v) is 2.97. The number of Topliss-reactive ketones (excluding diaryl/α,β-unsaturated/α-hetero) is 1. The fourth-order valence-corrected chi connectivity index (χ4v) is 1.44. The van der Waals surface area contributed by atoms with E-state index < -0.39 is 0 Å². The average Bonchev–Trinajstić information content (AvgIpc) is 2.54. The molecule has 1 aliphatic heterocycles. The van der Waals surface area contributed by atoms with Crippen LogP contribution in [0.3, 0.4) is 0 Å². The van der Waals surface area contributed by atoms with Gasteiger partial charge in [-0.05, 0) is 18.2 Å². The molecule has 0 spiro atoms. The van der Waals surface area contributed by atoms with Gasteiger partial charge in [-0.15, -0.1) is 0 Å². The van der Waals surface area contributed by atoms with Crippen molar-refractivity contribution in [3.05, 3.63) is 30.3 Å². The predicted octanol–water partition coefficient (Wildman–Crippen LogP) is 1.27. The summed E-state index contributed by atoms with van der Waals surface area (Å²) in [4.78, 5) is 13.1. The summed E-state index contributed by atoms with van der Waals surface area (Å²) in [6.45, 7) is 1.44. The quantitative estimate of drug-likeness (QED) is 0.616. The van der Waals surface area contributed by atoms with Crippen LogP contribution in [0.1, 0.15) is 6.42 Å². The summed E-state index contributed by atoms with van der Waals surface area (Å²) >= 11 is 0. The summed E-state index contributed by atoms with van der Waals surface area (Å²) in [5.74, 6) is 0.336. The Kier molecular flexibility index (Phi) is 1.82. The molecule has 0 aliphatic carbocycles. The Morgan fingerprint density at radius 2 is 2.08 bits per heavy atom. The van der Waals surface area contributed by atoms with Gasteiger partial charge < -0.3 is 4.90 Å². The molecule has 1 heterocycles. The normalized spacial score (nSPS) is 17.0. The molecule has 0 aromatic heterocycles. The van der Waals surface area contributed by atoms with Crippen LogP contribution in [-0.2, 0) is 4.79 Å². The second kappa shape index (κ2) is 2.97. The summed E-state index contributed by atoms with van der Waals surface area (Å²) in [6.07, 6.45) is 0.693. The van der Waals surface area contributed by atoms with Gasteiger partial charge in [0.15, 0.2) is 5.78 Å². The van der Waals surface area contributed by atoms with Crippen molar-refractivity contribution in [3.8, 4) is 0 Å². The highest BCUT2D eigenvalue weighted by molar-refractivity contribution is 5.87. The van der Waals surface area contributed by atoms with Crippen LogP contribution in [0.2, 0.25) is 0 Å². The maximum atomic E-state index is 11.0. The Labute approximate surface area is 71.8 Å². The van der Waals surface area contributed by atoms with Gasteiger partial charge in [-0.25, -0.2) is 0 Å². The van der Waals surface area contributed by atoms with E-state index in [0.717, 1.165) is 12.2 Å². The first kappa shape index (κ1) is 7.35. The summed E-state index contributed by atoms with van der Waals surface area (Å²) in [5, 5.41) is 0. The number of carbonyl (C=O) groups is 1. The number of nitrogens with zero attached hydrogens (tertiary/aromatic N) is 1. The zero-order chi connectivity index (χ0) is 8.39. The van der Waals surface area contributed by atoms with Gasteiger partial charge in [0.25, 0.3) is 0 Å². The minimum Gasteiger partial charge on any atom is -0.364 e. The molecule has 12 heavy (non-hydrogen) atoms. The van der Waals surface area contributed by atoms with E-state index in [4.69, 9.17) is 0 Å². The molecule has 0 N–H and O–H groups in total. The van der Waals surface area contributed by atoms with Gasteiger partial charge in [0.2, 0.25) is 0 Å². The van der Waals surface area contributed by atoms with Crippen LogP contribution in [0.4, 0.5) is 5.69 Å². The molecule has 1 saturated heterocycles. The van der Waals surface area contributed by atoms with Crippen LogP contribution in [0.5, 0.6) is 0 Å². The lowest BCUT2D eigenvalue weighted by Gasteiger charge is -2.15. The highest BCUT2D eigenvalue weighted by Gasteiger charge is 2.18. The van der Waals surface area contributed by atoms with Crippen molar-refractivity contribution in [3.63, 3.8) is 0 Å². The fraction of sp³-hybridized carbons (Fsp3) is 0.300. The van der Waals surface area contributed by atoms with Crippen molar-refractivity contribution < 1.29 is 4.79 Å². The molecule has 2 nitrogen and oxygen atoms in total. The van der Waals surface area contributed by atoms with E-state index in [9.17, 15) is 4.79 Å². The SMILES string of the molecule is O=C1CCN(c2cc[c]cc2)C1. The van der Waals surface area contributed by atoms with E-state index in [-0.39, 0.29) is 0 Å². The van der Waals surface area contributed by atoms with Gasteiger partial charge in [0.05, 0.1) is 6.54 Å².